The predicted octanol–water partition coefficient (Wildman–Crippen LogP) is 3.44. The predicted molar refractivity (Wildman–Crippen MR) is 141 cm³/mol. The van der Waals surface area contributed by atoms with Crippen LogP contribution in [0.2, 0.25) is 0 Å². The maximum absolute atomic E-state index is 12.7. The highest BCUT2D eigenvalue weighted by molar-refractivity contribution is 5.92. The number of aromatic amines is 1. The number of nitrogens with one attached hydrogen (secondary N) is 2. The first-order valence-corrected chi connectivity index (χ1v) is 12.2. The second kappa shape index (κ2) is 9.82. The van der Waals surface area contributed by atoms with Crippen LogP contribution in [0.25, 0.3) is 33.8 Å². The molecule has 1 aliphatic heterocycles. The molecule has 0 unspecified atom stereocenters. The molecular weight excluding hydrogens is 468 g/mol. The fraction of sp³-hybridized carbons (Fsp3) is 0.222. The lowest BCUT2D eigenvalue weighted by Gasteiger charge is -2.27. The highest BCUT2D eigenvalue weighted by atomic mass is 16.5. The van der Waals surface area contributed by atoms with Gasteiger partial charge in [0, 0.05) is 42.6 Å². The molecule has 37 heavy (non-hydrogen) atoms. The first-order chi connectivity index (χ1) is 18.1. The molecule has 1 saturated heterocycles. The summed E-state index contributed by atoms with van der Waals surface area (Å²) in [6.45, 7) is 2.91. The summed E-state index contributed by atoms with van der Waals surface area (Å²) in [6, 6.07) is 19.5. The SMILES string of the molecule is Cn1nc(-c2ccccc2)cc1CC(=O)Nc1ccc(-c2nc3ncnc(N4CCOCC4)c3[nH]2)cc1. The highest BCUT2D eigenvalue weighted by Crippen LogP contribution is 2.26. The Morgan fingerprint density at radius 2 is 1.81 bits per heavy atom. The third kappa shape index (κ3) is 4.78. The van der Waals surface area contributed by atoms with E-state index in [0.29, 0.717) is 30.4 Å². The summed E-state index contributed by atoms with van der Waals surface area (Å²) in [4.78, 5) is 31.8. The number of H-pyrrole nitrogens is 1. The third-order valence-electron chi connectivity index (χ3n) is 6.41. The minimum absolute atomic E-state index is 0.107. The Morgan fingerprint density at radius 1 is 1.03 bits per heavy atom. The number of benzene rings is 2. The second-order valence-corrected chi connectivity index (χ2v) is 8.89. The van der Waals surface area contributed by atoms with Crippen molar-refractivity contribution in [2.24, 2.45) is 7.05 Å². The van der Waals surface area contributed by atoms with Gasteiger partial charge in [0.05, 0.1) is 25.3 Å². The Balaban J connectivity index is 1.15. The van der Waals surface area contributed by atoms with Crippen molar-refractivity contribution >= 4 is 28.6 Å². The van der Waals surface area contributed by atoms with Crippen LogP contribution < -0.4 is 10.2 Å². The van der Waals surface area contributed by atoms with Crippen molar-refractivity contribution in [2.45, 2.75) is 6.42 Å². The summed E-state index contributed by atoms with van der Waals surface area (Å²) in [5, 5.41) is 7.52. The fourth-order valence-corrected chi connectivity index (χ4v) is 4.47. The lowest BCUT2D eigenvalue weighted by atomic mass is 10.1. The van der Waals surface area contributed by atoms with Crippen LogP contribution in [-0.4, -0.2) is 61.9 Å². The van der Waals surface area contributed by atoms with Crippen LogP contribution in [0.4, 0.5) is 11.5 Å². The average molecular weight is 495 g/mol. The molecule has 1 amide bonds. The summed E-state index contributed by atoms with van der Waals surface area (Å²) in [6.07, 6.45) is 1.77. The zero-order valence-electron chi connectivity index (χ0n) is 20.4. The van der Waals surface area contributed by atoms with Crippen LogP contribution in [0.1, 0.15) is 5.69 Å². The van der Waals surface area contributed by atoms with Crippen LogP contribution in [0.15, 0.2) is 67.0 Å². The molecule has 10 heteroatoms. The number of fused-ring (bicyclic) bond motifs is 1. The molecule has 0 atom stereocenters. The van der Waals surface area contributed by atoms with E-state index in [1.54, 1.807) is 11.0 Å². The Labute approximate surface area is 213 Å². The number of carbonyl (C=O) groups is 1. The quantitative estimate of drug-likeness (QED) is 0.372. The van der Waals surface area contributed by atoms with Gasteiger partial charge in [0.25, 0.3) is 0 Å². The maximum Gasteiger partial charge on any atom is 0.230 e. The Morgan fingerprint density at radius 3 is 2.59 bits per heavy atom. The van der Waals surface area contributed by atoms with E-state index in [4.69, 9.17) is 4.74 Å². The lowest BCUT2D eigenvalue weighted by Crippen LogP contribution is -2.36. The number of carbonyl (C=O) groups excluding carboxylic acids is 1. The summed E-state index contributed by atoms with van der Waals surface area (Å²) in [5.74, 6) is 1.43. The number of anilines is 2. The molecule has 1 fully saturated rings. The van der Waals surface area contributed by atoms with E-state index in [9.17, 15) is 4.79 Å². The number of amides is 1. The number of hydrogen-bond donors (Lipinski definition) is 2. The molecule has 3 aromatic heterocycles. The number of aromatic nitrogens is 6. The van der Waals surface area contributed by atoms with Crippen molar-refractivity contribution in [1.29, 1.82) is 0 Å². The average Bonchev–Trinajstić information content (AvgIpc) is 3.53. The normalized spacial score (nSPS) is 13.7. The highest BCUT2D eigenvalue weighted by Gasteiger charge is 2.18. The number of nitrogens with zero attached hydrogens (tertiary/aromatic N) is 6. The van der Waals surface area contributed by atoms with Crippen LogP contribution in [0, 0.1) is 0 Å². The summed E-state index contributed by atoms with van der Waals surface area (Å²) < 4.78 is 7.21. The van der Waals surface area contributed by atoms with Gasteiger partial charge in [-0.3, -0.25) is 9.48 Å². The maximum atomic E-state index is 12.7. The molecule has 5 aromatic rings. The topological polar surface area (TPSA) is 114 Å². The Bertz CT molecular complexity index is 1540. The smallest absolute Gasteiger partial charge is 0.230 e. The zero-order valence-corrected chi connectivity index (χ0v) is 20.4. The molecule has 1 aliphatic rings. The first kappa shape index (κ1) is 22.9. The van der Waals surface area contributed by atoms with Crippen LogP contribution in [-0.2, 0) is 23.0 Å². The first-order valence-electron chi connectivity index (χ1n) is 12.2. The summed E-state index contributed by atoms with van der Waals surface area (Å²) >= 11 is 0. The minimum Gasteiger partial charge on any atom is -0.378 e. The monoisotopic (exact) mass is 494 g/mol. The van der Waals surface area contributed by atoms with E-state index in [-0.39, 0.29) is 12.3 Å². The minimum atomic E-state index is -0.107. The Kier molecular flexibility index (Phi) is 6.07. The molecule has 6 rings (SSSR count). The molecule has 2 N–H and O–H groups in total. The number of aryl methyl sites for hydroxylation is 1. The largest absolute Gasteiger partial charge is 0.378 e. The van der Waals surface area contributed by atoms with Gasteiger partial charge in [-0.05, 0) is 30.3 Å². The third-order valence-corrected chi connectivity index (χ3v) is 6.41. The number of hydrogen-bond acceptors (Lipinski definition) is 7. The molecule has 2 aromatic carbocycles. The summed E-state index contributed by atoms with van der Waals surface area (Å²) in [7, 11) is 1.85. The zero-order chi connectivity index (χ0) is 25.2. The van der Waals surface area contributed by atoms with Gasteiger partial charge in [0.1, 0.15) is 17.7 Å². The Hall–Kier alpha value is -4.57. The van der Waals surface area contributed by atoms with Crippen molar-refractivity contribution < 1.29 is 9.53 Å². The molecular formula is C27H26N8O2. The van der Waals surface area contributed by atoms with Gasteiger partial charge < -0.3 is 19.9 Å². The summed E-state index contributed by atoms with van der Waals surface area (Å²) in [5.41, 5.74) is 5.74. The molecule has 0 radical (unpaired) electrons. The van der Waals surface area contributed by atoms with Crippen molar-refractivity contribution in [1.82, 2.24) is 29.7 Å². The van der Waals surface area contributed by atoms with Crippen LogP contribution in [0.3, 0.4) is 0 Å². The van der Waals surface area contributed by atoms with Crippen LogP contribution >= 0.6 is 0 Å². The van der Waals surface area contributed by atoms with Crippen LogP contribution in [0.5, 0.6) is 0 Å². The number of ether oxygens (including phenoxy) is 1. The van der Waals surface area contributed by atoms with E-state index in [2.05, 4.69) is 35.3 Å². The van der Waals surface area contributed by atoms with Gasteiger partial charge in [-0.1, -0.05) is 30.3 Å². The van der Waals surface area contributed by atoms with Gasteiger partial charge in [-0.25, -0.2) is 15.0 Å². The molecule has 0 saturated carbocycles. The molecule has 4 heterocycles. The van der Waals surface area contributed by atoms with Crippen molar-refractivity contribution in [3.63, 3.8) is 0 Å². The number of imidazole rings is 1. The second-order valence-electron chi connectivity index (χ2n) is 8.89. The van der Waals surface area contributed by atoms with Crippen molar-refractivity contribution in [3.8, 4) is 22.6 Å². The molecule has 10 nitrogen and oxygen atoms in total. The van der Waals surface area contributed by atoms with Gasteiger partial charge in [-0.15, -0.1) is 0 Å². The van der Waals surface area contributed by atoms with Gasteiger partial charge in [0.2, 0.25) is 5.91 Å². The molecule has 0 spiro atoms. The molecule has 0 aliphatic carbocycles. The number of rotatable bonds is 6. The number of morpholine rings is 1. The van der Waals surface area contributed by atoms with Gasteiger partial charge >= 0.3 is 0 Å². The lowest BCUT2D eigenvalue weighted by molar-refractivity contribution is -0.115. The van der Waals surface area contributed by atoms with E-state index in [0.717, 1.165) is 46.9 Å². The van der Waals surface area contributed by atoms with E-state index < -0.39 is 0 Å². The van der Waals surface area contributed by atoms with Crippen molar-refractivity contribution in [2.75, 3.05) is 36.5 Å². The molecule has 186 valence electrons. The van der Waals surface area contributed by atoms with Crippen molar-refractivity contribution in [3.05, 3.63) is 72.7 Å². The van der Waals surface area contributed by atoms with Gasteiger partial charge in [-0.2, -0.15) is 5.10 Å². The fourth-order valence-electron chi connectivity index (χ4n) is 4.47. The molecule has 0 bridgehead atoms. The van der Waals surface area contributed by atoms with E-state index in [1.807, 2.05) is 67.7 Å². The van der Waals surface area contributed by atoms with Gasteiger partial charge in [0.15, 0.2) is 11.5 Å². The van der Waals surface area contributed by atoms with E-state index >= 15 is 0 Å². The van der Waals surface area contributed by atoms with E-state index in [1.165, 1.54) is 0 Å². The standard InChI is InChI=1S/C27H26N8O2/c1-34-21(15-22(33-34)18-5-3-2-4-6-18)16-23(36)30-20-9-7-19(8-10-20)25-31-24-26(32-25)28-17-29-27(24)35-11-13-37-14-12-35/h2-10,15,17H,11-14,16H2,1H3,(H,30,36)(H,28,29,31,32).